The molecule has 0 bridgehead atoms. The second-order valence-corrected chi connectivity index (χ2v) is 6.66. The Morgan fingerprint density at radius 2 is 2.19 bits per heavy atom. The number of aromatic nitrogens is 3. The number of hydrogen-bond donors (Lipinski definition) is 1. The third kappa shape index (κ3) is 3.41. The molecular formula is C18H24N4O4. The number of rotatable bonds is 4. The van der Waals surface area contributed by atoms with Crippen LogP contribution in [0.3, 0.4) is 0 Å². The minimum atomic E-state index is -0.594. The molecule has 0 radical (unpaired) electrons. The average Bonchev–Trinajstić information content (AvgIpc) is 2.63. The summed E-state index contributed by atoms with van der Waals surface area (Å²) in [5, 5.41) is 0.144. The highest BCUT2D eigenvalue weighted by atomic mass is 16.5. The number of pyridine rings is 1. The number of likely N-dealkylation sites (N-methyl/N-ethyl adjacent to an activating group) is 1. The maximum Gasteiger partial charge on any atom is 0.329 e. The molecule has 1 atom stereocenters. The summed E-state index contributed by atoms with van der Waals surface area (Å²) in [6.07, 6.45) is 3.09. The van der Waals surface area contributed by atoms with Crippen molar-refractivity contribution < 1.29 is 9.53 Å². The zero-order chi connectivity index (χ0) is 18.8. The molecule has 8 nitrogen and oxygen atoms in total. The van der Waals surface area contributed by atoms with Gasteiger partial charge in [-0.25, -0.2) is 9.78 Å². The molecule has 1 unspecified atom stereocenters. The van der Waals surface area contributed by atoms with E-state index in [9.17, 15) is 14.4 Å². The van der Waals surface area contributed by atoms with Crippen LogP contribution in [0.2, 0.25) is 0 Å². The Morgan fingerprint density at radius 3 is 2.85 bits per heavy atom. The lowest BCUT2D eigenvalue weighted by Gasteiger charge is -2.29. The molecule has 0 aromatic carbocycles. The van der Waals surface area contributed by atoms with Crippen LogP contribution >= 0.6 is 0 Å². The molecule has 140 valence electrons. The first-order valence-corrected chi connectivity index (χ1v) is 8.94. The maximum atomic E-state index is 13.2. The largest absolute Gasteiger partial charge is 0.376 e. The minimum Gasteiger partial charge on any atom is -0.376 e. The summed E-state index contributed by atoms with van der Waals surface area (Å²) < 4.78 is 7.00. The quantitative estimate of drug-likeness (QED) is 0.876. The first kappa shape index (κ1) is 18.3. The molecule has 1 N–H and O–H groups in total. The van der Waals surface area contributed by atoms with Crippen LogP contribution in [0.15, 0.2) is 15.7 Å². The van der Waals surface area contributed by atoms with Gasteiger partial charge in [0.1, 0.15) is 5.65 Å². The van der Waals surface area contributed by atoms with Gasteiger partial charge in [0, 0.05) is 32.4 Å². The summed E-state index contributed by atoms with van der Waals surface area (Å²) >= 11 is 0. The van der Waals surface area contributed by atoms with E-state index in [0.717, 1.165) is 25.9 Å². The van der Waals surface area contributed by atoms with Gasteiger partial charge in [-0.1, -0.05) is 0 Å². The van der Waals surface area contributed by atoms with E-state index in [1.54, 1.807) is 17.9 Å². The van der Waals surface area contributed by atoms with Crippen LogP contribution in [0.4, 0.5) is 0 Å². The van der Waals surface area contributed by atoms with Crippen molar-refractivity contribution in [3.05, 3.63) is 38.2 Å². The molecular weight excluding hydrogens is 336 g/mol. The number of carbonyl (C=O) groups excluding carboxylic acids is 1. The molecule has 0 spiro atoms. The van der Waals surface area contributed by atoms with Gasteiger partial charge in [-0.05, 0) is 39.2 Å². The maximum absolute atomic E-state index is 13.2. The van der Waals surface area contributed by atoms with Gasteiger partial charge in [0.15, 0.2) is 0 Å². The minimum absolute atomic E-state index is 0.0180. The van der Waals surface area contributed by atoms with Crippen molar-refractivity contribution in [2.75, 3.05) is 19.7 Å². The van der Waals surface area contributed by atoms with E-state index in [4.69, 9.17) is 4.74 Å². The molecule has 1 aliphatic heterocycles. The standard InChI is InChI=1S/C18H24N4O4/c1-4-22(10-12-7-5-6-8-26-12)17(24)13-9-11(2)19-15-14(13)16(23)20-18(25)21(15)3/h9,12H,4-8,10H2,1-3H3,(H,20,23,25). The molecule has 1 saturated heterocycles. The zero-order valence-electron chi connectivity index (χ0n) is 15.4. The van der Waals surface area contributed by atoms with Crippen LogP contribution < -0.4 is 11.2 Å². The van der Waals surface area contributed by atoms with Gasteiger partial charge in [0.05, 0.1) is 17.1 Å². The third-order valence-corrected chi connectivity index (χ3v) is 4.80. The number of carbonyl (C=O) groups is 1. The van der Waals surface area contributed by atoms with Gasteiger partial charge in [0.2, 0.25) is 0 Å². The second kappa shape index (κ2) is 7.41. The Morgan fingerprint density at radius 1 is 1.42 bits per heavy atom. The number of nitrogens with zero attached hydrogens (tertiary/aromatic N) is 3. The number of fused-ring (bicyclic) bond motifs is 1. The van der Waals surface area contributed by atoms with Crippen LogP contribution in [0.5, 0.6) is 0 Å². The van der Waals surface area contributed by atoms with Gasteiger partial charge in [-0.2, -0.15) is 0 Å². The summed E-state index contributed by atoms with van der Waals surface area (Å²) in [7, 11) is 1.52. The molecule has 1 fully saturated rings. The summed E-state index contributed by atoms with van der Waals surface area (Å²) in [6.45, 7) is 5.35. The fourth-order valence-corrected chi connectivity index (χ4v) is 3.35. The summed E-state index contributed by atoms with van der Waals surface area (Å²) in [6, 6.07) is 1.61. The van der Waals surface area contributed by atoms with Crippen LogP contribution in [0.1, 0.15) is 42.2 Å². The molecule has 3 rings (SSSR count). The molecule has 8 heteroatoms. The number of nitrogens with one attached hydrogen (secondary N) is 1. The number of amides is 1. The van der Waals surface area contributed by atoms with Gasteiger partial charge < -0.3 is 9.64 Å². The second-order valence-electron chi connectivity index (χ2n) is 6.66. The van der Waals surface area contributed by atoms with Crippen molar-refractivity contribution in [2.45, 2.75) is 39.2 Å². The summed E-state index contributed by atoms with van der Waals surface area (Å²) in [4.78, 5) is 45.6. The fourth-order valence-electron chi connectivity index (χ4n) is 3.35. The van der Waals surface area contributed by atoms with Crippen LogP contribution in [0, 0.1) is 6.92 Å². The van der Waals surface area contributed by atoms with Crippen molar-refractivity contribution in [1.82, 2.24) is 19.4 Å². The van der Waals surface area contributed by atoms with Gasteiger partial charge >= 0.3 is 5.69 Å². The highest BCUT2D eigenvalue weighted by Crippen LogP contribution is 2.18. The number of aromatic amines is 1. The van der Waals surface area contributed by atoms with E-state index in [1.165, 1.54) is 11.6 Å². The number of H-pyrrole nitrogens is 1. The average molecular weight is 360 g/mol. The SMILES string of the molecule is CCN(CC1CCCCO1)C(=O)c1cc(C)nc2c1c(=O)[nH]c(=O)n2C. The van der Waals surface area contributed by atoms with E-state index in [0.29, 0.717) is 18.8 Å². The summed E-state index contributed by atoms with van der Waals surface area (Å²) in [5.41, 5.74) is -0.0913. The van der Waals surface area contributed by atoms with Crippen molar-refractivity contribution in [2.24, 2.45) is 7.05 Å². The van der Waals surface area contributed by atoms with E-state index < -0.39 is 11.2 Å². The van der Waals surface area contributed by atoms with Gasteiger partial charge in [0.25, 0.3) is 11.5 Å². The Hall–Kier alpha value is -2.48. The van der Waals surface area contributed by atoms with E-state index in [1.807, 2.05) is 6.92 Å². The Bertz CT molecular complexity index is 941. The van der Waals surface area contributed by atoms with Crippen LogP contribution in [0.25, 0.3) is 11.0 Å². The molecule has 2 aromatic rings. The number of hydrogen-bond acceptors (Lipinski definition) is 5. The van der Waals surface area contributed by atoms with Crippen molar-refractivity contribution in [1.29, 1.82) is 0 Å². The number of aryl methyl sites for hydroxylation is 2. The lowest BCUT2D eigenvalue weighted by molar-refractivity contribution is -0.00308. The van der Waals surface area contributed by atoms with Crippen molar-refractivity contribution in [3.63, 3.8) is 0 Å². The molecule has 2 aromatic heterocycles. The monoisotopic (exact) mass is 360 g/mol. The topological polar surface area (TPSA) is 97.3 Å². The van der Waals surface area contributed by atoms with E-state index >= 15 is 0 Å². The molecule has 0 saturated carbocycles. The summed E-state index contributed by atoms with van der Waals surface area (Å²) in [5.74, 6) is -0.249. The first-order valence-electron chi connectivity index (χ1n) is 8.94. The predicted molar refractivity (Wildman–Crippen MR) is 97.5 cm³/mol. The van der Waals surface area contributed by atoms with Crippen LogP contribution in [-0.4, -0.2) is 51.1 Å². The lowest BCUT2D eigenvalue weighted by Crippen LogP contribution is -2.40. The molecule has 1 amide bonds. The zero-order valence-corrected chi connectivity index (χ0v) is 15.4. The van der Waals surface area contributed by atoms with Gasteiger partial charge in [-0.15, -0.1) is 0 Å². The highest BCUT2D eigenvalue weighted by molar-refractivity contribution is 6.05. The predicted octanol–water partition coefficient (Wildman–Crippen LogP) is 0.961. The molecule has 26 heavy (non-hydrogen) atoms. The highest BCUT2D eigenvalue weighted by Gasteiger charge is 2.25. The Labute approximate surface area is 150 Å². The molecule has 1 aliphatic rings. The first-order chi connectivity index (χ1) is 12.4. The Balaban J connectivity index is 2.05. The third-order valence-electron chi connectivity index (χ3n) is 4.80. The van der Waals surface area contributed by atoms with Gasteiger partial charge in [-0.3, -0.25) is 19.1 Å². The normalized spacial score (nSPS) is 17.4. The lowest BCUT2D eigenvalue weighted by atomic mass is 10.1. The smallest absolute Gasteiger partial charge is 0.329 e. The fraction of sp³-hybridized carbons (Fsp3) is 0.556. The molecule has 0 aliphatic carbocycles. The molecule has 3 heterocycles. The van der Waals surface area contributed by atoms with Crippen molar-refractivity contribution >= 4 is 16.9 Å². The van der Waals surface area contributed by atoms with E-state index in [-0.39, 0.29) is 28.6 Å². The number of ether oxygens (including phenoxy) is 1. The Kier molecular flexibility index (Phi) is 5.22. The van der Waals surface area contributed by atoms with E-state index in [2.05, 4.69) is 9.97 Å². The van der Waals surface area contributed by atoms with Crippen molar-refractivity contribution in [3.8, 4) is 0 Å². The van der Waals surface area contributed by atoms with Crippen LogP contribution in [-0.2, 0) is 11.8 Å².